The summed E-state index contributed by atoms with van der Waals surface area (Å²) in [7, 11) is -3.89. The van der Waals surface area contributed by atoms with E-state index in [4.69, 9.17) is 11.6 Å². The van der Waals surface area contributed by atoms with Gasteiger partial charge in [-0.05, 0) is 79.3 Å². The molecule has 9 heteroatoms. The minimum absolute atomic E-state index is 0.182. The average molecular weight is 509 g/mol. The van der Waals surface area contributed by atoms with Gasteiger partial charge in [0.05, 0.1) is 10.5 Å². The van der Waals surface area contributed by atoms with Crippen molar-refractivity contribution in [3.05, 3.63) is 88.4 Å². The number of rotatable bonds is 7. The molecule has 0 spiro atoms. The van der Waals surface area contributed by atoms with Crippen molar-refractivity contribution in [2.24, 2.45) is 0 Å². The summed E-state index contributed by atoms with van der Waals surface area (Å²) < 4.78 is 65.5. The number of aryl methyl sites for hydroxylation is 2. The fourth-order valence-corrected chi connectivity index (χ4v) is 5.37. The molecule has 0 radical (unpaired) electrons. The van der Waals surface area contributed by atoms with Gasteiger partial charge >= 0.3 is 6.18 Å². The summed E-state index contributed by atoms with van der Waals surface area (Å²) in [4.78, 5) is 2.04. The zero-order chi connectivity index (χ0) is 24.3. The van der Waals surface area contributed by atoms with Crippen molar-refractivity contribution < 1.29 is 21.6 Å². The molecule has 0 atom stereocenters. The number of fused-ring (bicyclic) bond motifs is 2. The van der Waals surface area contributed by atoms with Crippen LogP contribution in [0.3, 0.4) is 0 Å². The summed E-state index contributed by atoms with van der Waals surface area (Å²) in [5.74, 6) is 0. The van der Waals surface area contributed by atoms with Crippen molar-refractivity contribution in [2.75, 3.05) is 18.0 Å². The number of anilines is 2. The lowest BCUT2D eigenvalue weighted by molar-refractivity contribution is -0.137. The third-order valence-electron chi connectivity index (χ3n) is 5.88. The molecule has 0 aromatic heterocycles. The summed E-state index contributed by atoms with van der Waals surface area (Å²) in [6.45, 7) is 0.855. The second kappa shape index (κ2) is 9.98. The topological polar surface area (TPSA) is 49.4 Å². The predicted molar refractivity (Wildman–Crippen MR) is 128 cm³/mol. The number of halogens is 4. The fourth-order valence-electron chi connectivity index (χ4n) is 4.13. The average Bonchev–Trinajstić information content (AvgIpc) is 2.95. The monoisotopic (exact) mass is 508 g/mol. The van der Waals surface area contributed by atoms with Crippen molar-refractivity contribution in [3.8, 4) is 0 Å². The summed E-state index contributed by atoms with van der Waals surface area (Å²) in [6, 6.07) is 17.6. The van der Waals surface area contributed by atoms with Gasteiger partial charge in [-0.3, -0.25) is 0 Å². The van der Waals surface area contributed by atoms with Crippen LogP contribution in [0.1, 0.15) is 29.5 Å². The van der Waals surface area contributed by atoms with E-state index in [0.717, 1.165) is 48.5 Å². The second-order valence-corrected chi connectivity index (χ2v) is 10.4. The molecule has 0 amide bonds. The number of nitrogens with one attached hydrogen (secondary N) is 1. The number of nitrogens with zero attached hydrogens (tertiary/aromatic N) is 1. The molecule has 1 heterocycles. The molecule has 3 aromatic carbocycles. The smallest absolute Gasteiger partial charge is 0.341 e. The highest BCUT2D eigenvalue weighted by Gasteiger charge is 2.30. The van der Waals surface area contributed by atoms with Gasteiger partial charge in [-0.1, -0.05) is 35.9 Å². The van der Waals surface area contributed by atoms with Gasteiger partial charge in [-0.25, -0.2) is 13.1 Å². The zero-order valence-electron chi connectivity index (χ0n) is 18.3. The fraction of sp³-hybridized carbons (Fsp3) is 0.280. The van der Waals surface area contributed by atoms with Crippen molar-refractivity contribution in [1.29, 1.82) is 0 Å². The van der Waals surface area contributed by atoms with E-state index in [1.54, 1.807) is 0 Å². The molecule has 1 N–H and O–H groups in total. The summed E-state index contributed by atoms with van der Waals surface area (Å²) in [6.07, 6.45) is -1.41. The first kappa shape index (κ1) is 24.6. The van der Waals surface area contributed by atoms with Crippen LogP contribution in [0, 0.1) is 0 Å². The summed E-state index contributed by atoms with van der Waals surface area (Å²) in [5.41, 5.74) is 3.75. The maximum Gasteiger partial charge on any atom is 0.416 e. The van der Waals surface area contributed by atoms with Crippen molar-refractivity contribution in [3.63, 3.8) is 0 Å². The van der Waals surface area contributed by atoms with Crippen molar-refractivity contribution >= 4 is 33.0 Å². The molecule has 4 nitrogen and oxygen atoms in total. The van der Waals surface area contributed by atoms with E-state index < -0.39 is 21.8 Å². The summed E-state index contributed by atoms with van der Waals surface area (Å²) in [5, 5.41) is 0.660. The Bertz CT molecular complexity index is 1260. The highest BCUT2D eigenvalue weighted by atomic mass is 35.5. The standard InChI is InChI=1S/C25H24ClF3N2O2S/c26-21-12-9-19-8-7-18-5-1-2-6-23(18)31(24(19)17-21)16-4-3-15-30-34(32,33)22-13-10-20(11-14-22)25(27,28)29/h1-2,5-6,9-14,17,30H,3-4,7-8,15-16H2. The lowest BCUT2D eigenvalue weighted by atomic mass is 10.0. The van der Waals surface area contributed by atoms with E-state index >= 15 is 0 Å². The molecule has 0 saturated carbocycles. The number of hydrogen-bond acceptors (Lipinski definition) is 3. The van der Waals surface area contributed by atoms with Gasteiger partial charge in [0.1, 0.15) is 0 Å². The Morgan fingerprint density at radius 3 is 2.26 bits per heavy atom. The Morgan fingerprint density at radius 1 is 0.882 bits per heavy atom. The van der Waals surface area contributed by atoms with Crippen LogP contribution in [0.2, 0.25) is 5.02 Å². The molecular formula is C25H24ClF3N2O2S. The Kier molecular flexibility index (Phi) is 7.21. The quantitative estimate of drug-likeness (QED) is 0.378. The molecule has 0 bridgehead atoms. The van der Waals surface area contributed by atoms with Gasteiger partial charge in [-0.15, -0.1) is 0 Å². The first-order valence-corrected chi connectivity index (χ1v) is 12.8. The van der Waals surface area contributed by atoms with Gasteiger partial charge in [-0.2, -0.15) is 13.2 Å². The lowest BCUT2D eigenvalue weighted by Crippen LogP contribution is -2.26. The third-order valence-corrected chi connectivity index (χ3v) is 7.59. The van der Waals surface area contributed by atoms with E-state index in [1.165, 1.54) is 11.1 Å². The Labute approximate surface area is 202 Å². The molecule has 180 valence electrons. The van der Waals surface area contributed by atoms with Crippen LogP contribution in [-0.2, 0) is 29.0 Å². The highest BCUT2D eigenvalue weighted by Crippen LogP contribution is 2.37. The van der Waals surface area contributed by atoms with Crippen LogP contribution >= 0.6 is 11.6 Å². The molecule has 3 aromatic rings. The Morgan fingerprint density at radius 2 is 1.56 bits per heavy atom. The van der Waals surface area contributed by atoms with E-state index in [2.05, 4.69) is 27.8 Å². The maximum absolute atomic E-state index is 12.7. The van der Waals surface area contributed by atoms with Crippen molar-refractivity contribution in [1.82, 2.24) is 4.72 Å². The molecule has 0 fully saturated rings. The van der Waals surface area contributed by atoms with E-state index in [9.17, 15) is 21.6 Å². The Balaban J connectivity index is 1.40. The molecule has 0 aliphatic carbocycles. The Hall–Kier alpha value is -2.55. The zero-order valence-corrected chi connectivity index (χ0v) is 19.8. The summed E-state index contributed by atoms with van der Waals surface area (Å²) >= 11 is 6.28. The maximum atomic E-state index is 12.7. The van der Waals surface area contributed by atoms with Gasteiger partial charge in [0.2, 0.25) is 10.0 Å². The van der Waals surface area contributed by atoms with Crippen LogP contribution in [0.5, 0.6) is 0 Å². The predicted octanol–water partition coefficient (Wildman–Crippen LogP) is 6.35. The van der Waals surface area contributed by atoms with Crippen LogP contribution in [0.15, 0.2) is 71.6 Å². The molecule has 1 aliphatic rings. The third kappa shape index (κ3) is 5.56. The van der Waals surface area contributed by atoms with Gasteiger partial charge in [0.25, 0.3) is 0 Å². The molecule has 0 saturated heterocycles. The molecule has 1 aliphatic heterocycles. The van der Waals surface area contributed by atoms with Crippen LogP contribution in [0.25, 0.3) is 0 Å². The van der Waals surface area contributed by atoms with Gasteiger partial charge in [0, 0.05) is 29.5 Å². The number of alkyl halides is 3. The van der Waals surface area contributed by atoms with Crippen LogP contribution in [-0.4, -0.2) is 21.5 Å². The van der Waals surface area contributed by atoms with Crippen molar-refractivity contribution in [2.45, 2.75) is 36.8 Å². The van der Waals surface area contributed by atoms with Gasteiger partial charge in [0.15, 0.2) is 0 Å². The molecular weight excluding hydrogens is 485 g/mol. The van der Waals surface area contributed by atoms with Gasteiger partial charge < -0.3 is 4.90 Å². The number of unbranched alkanes of at least 4 members (excludes halogenated alkanes) is 1. The minimum atomic E-state index is -4.51. The number of hydrogen-bond donors (Lipinski definition) is 1. The van der Waals surface area contributed by atoms with Crippen LogP contribution < -0.4 is 9.62 Å². The van der Waals surface area contributed by atoms with E-state index in [-0.39, 0.29) is 11.4 Å². The van der Waals surface area contributed by atoms with E-state index in [0.29, 0.717) is 24.4 Å². The largest absolute Gasteiger partial charge is 0.416 e. The van der Waals surface area contributed by atoms with E-state index in [1.807, 2.05) is 24.3 Å². The second-order valence-electron chi connectivity index (χ2n) is 8.18. The number of sulfonamides is 1. The minimum Gasteiger partial charge on any atom is -0.341 e. The number of benzene rings is 3. The first-order valence-electron chi connectivity index (χ1n) is 11.0. The molecule has 4 rings (SSSR count). The normalized spacial score (nSPS) is 13.8. The molecule has 0 unspecified atom stereocenters. The SMILES string of the molecule is O=S(=O)(NCCCCN1c2ccccc2CCc2ccc(Cl)cc21)c1ccc(C(F)(F)F)cc1. The highest BCUT2D eigenvalue weighted by molar-refractivity contribution is 7.89. The van der Waals surface area contributed by atoms with Crippen LogP contribution in [0.4, 0.5) is 24.5 Å². The first-order chi connectivity index (χ1) is 16.1. The molecule has 34 heavy (non-hydrogen) atoms. The number of para-hydroxylation sites is 1. The lowest BCUT2D eigenvalue weighted by Gasteiger charge is -2.27.